The largest absolute Gasteiger partial charge is 0.440 e. The molecule has 5 nitrogen and oxygen atoms in total. The van der Waals surface area contributed by atoms with E-state index in [1.807, 2.05) is 18.2 Å². The van der Waals surface area contributed by atoms with E-state index >= 15 is 0 Å². The molecule has 1 aliphatic rings. The average molecular weight is 247 g/mol. The number of oxazole rings is 1. The van der Waals surface area contributed by atoms with Crippen LogP contribution < -0.4 is 11.1 Å². The molecule has 2 heterocycles. The van der Waals surface area contributed by atoms with E-state index in [-0.39, 0.29) is 5.91 Å². The predicted octanol–water partition coefficient (Wildman–Crippen LogP) is 1.78. The number of aromatic nitrogens is 1. The number of amides is 1. The Morgan fingerprint density at radius 2 is 2.35 bits per heavy atom. The molecular weight excluding hydrogens is 238 g/mol. The highest BCUT2D eigenvalue weighted by Gasteiger charge is 2.27. The van der Waals surface area contributed by atoms with Crippen LogP contribution >= 0.6 is 11.8 Å². The zero-order valence-corrected chi connectivity index (χ0v) is 9.53. The third kappa shape index (κ3) is 1.81. The molecule has 86 valence electrons. The Labute approximate surface area is 101 Å². The maximum absolute atomic E-state index is 11.4. The van der Waals surface area contributed by atoms with Crippen LogP contribution in [0.25, 0.3) is 0 Å². The molecule has 17 heavy (non-hydrogen) atoms. The summed E-state index contributed by atoms with van der Waals surface area (Å²) in [7, 11) is 0. The summed E-state index contributed by atoms with van der Waals surface area (Å²) >= 11 is 1.39. The Bertz CT molecular complexity index is 568. The number of carbonyl (C=O) groups excluding carboxylic acids is 1. The molecule has 1 aromatic carbocycles. The van der Waals surface area contributed by atoms with E-state index in [2.05, 4.69) is 10.3 Å². The van der Waals surface area contributed by atoms with Crippen LogP contribution in [-0.4, -0.2) is 10.9 Å². The SMILES string of the molecule is NC1C(=O)Nc2cc(Sc3ncco3)ccc21. The first kappa shape index (κ1) is 10.4. The van der Waals surface area contributed by atoms with E-state index in [0.717, 1.165) is 16.1 Å². The predicted molar refractivity (Wildman–Crippen MR) is 62.6 cm³/mol. The molecule has 1 aromatic heterocycles. The lowest BCUT2D eigenvalue weighted by atomic mass is 10.1. The summed E-state index contributed by atoms with van der Waals surface area (Å²) in [6, 6.07) is 5.05. The molecule has 1 amide bonds. The van der Waals surface area contributed by atoms with Crippen molar-refractivity contribution in [1.29, 1.82) is 0 Å². The molecule has 0 fully saturated rings. The van der Waals surface area contributed by atoms with Crippen LogP contribution in [0, 0.1) is 0 Å². The summed E-state index contributed by atoms with van der Waals surface area (Å²) in [5.41, 5.74) is 7.31. The van der Waals surface area contributed by atoms with Gasteiger partial charge in [-0.05, 0) is 23.9 Å². The van der Waals surface area contributed by atoms with Crippen molar-refractivity contribution >= 4 is 23.4 Å². The number of fused-ring (bicyclic) bond motifs is 1. The molecule has 1 atom stereocenters. The lowest BCUT2D eigenvalue weighted by Gasteiger charge is -2.02. The fourth-order valence-corrected chi connectivity index (χ4v) is 2.42. The van der Waals surface area contributed by atoms with Gasteiger partial charge in [0.1, 0.15) is 12.3 Å². The number of benzene rings is 1. The molecule has 2 aromatic rings. The second-order valence-corrected chi connectivity index (χ2v) is 4.64. The Morgan fingerprint density at radius 3 is 3.12 bits per heavy atom. The van der Waals surface area contributed by atoms with Crippen LogP contribution in [0.15, 0.2) is 45.2 Å². The van der Waals surface area contributed by atoms with Crippen molar-refractivity contribution in [2.45, 2.75) is 16.2 Å². The molecule has 0 bridgehead atoms. The number of hydrogen-bond donors (Lipinski definition) is 2. The Balaban J connectivity index is 1.90. The van der Waals surface area contributed by atoms with Gasteiger partial charge in [-0.1, -0.05) is 6.07 Å². The zero-order chi connectivity index (χ0) is 11.8. The Morgan fingerprint density at radius 1 is 1.47 bits per heavy atom. The number of nitrogens with two attached hydrogens (primary N) is 1. The van der Waals surface area contributed by atoms with Crippen molar-refractivity contribution < 1.29 is 9.21 Å². The number of hydrogen-bond acceptors (Lipinski definition) is 5. The van der Waals surface area contributed by atoms with Crippen LogP contribution in [-0.2, 0) is 4.79 Å². The van der Waals surface area contributed by atoms with Crippen molar-refractivity contribution in [2.24, 2.45) is 5.73 Å². The minimum absolute atomic E-state index is 0.168. The molecule has 3 rings (SSSR count). The van der Waals surface area contributed by atoms with Crippen molar-refractivity contribution in [2.75, 3.05) is 5.32 Å². The van der Waals surface area contributed by atoms with E-state index in [0.29, 0.717) is 5.22 Å². The molecule has 0 aliphatic carbocycles. The van der Waals surface area contributed by atoms with Crippen LogP contribution in [0.1, 0.15) is 11.6 Å². The smallest absolute Gasteiger partial charge is 0.260 e. The molecular formula is C11H9N3O2S. The summed E-state index contributed by atoms with van der Waals surface area (Å²) in [5.74, 6) is -0.168. The maximum atomic E-state index is 11.4. The molecule has 3 N–H and O–H groups in total. The lowest BCUT2D eigenvalue weighted by molar-refractivity contribution is -0.116. The molecule has 1 unspecified atom stereocenters. The summed E-state index contributed by atoms with van der Waals surface area (Å²) in [4.78, 5) is 16.3. The molecule has 1 aliphatic heterocycles. The lowest BCUT2D eigenvalue weighted by Crippen LogP contribution is -2.19. The minimum Gasteiger partial charge on any atom is -0.440 e. The second kappa shape index (κ2) is 3.90. The van der Waals surface area contributed by atoms with Gasteiger partial charge in [0, 0.05) is 16.1 Å². The summed E-state index contributed by atoms with van der Waals surface area (Å²) < 4.78 is 5.14. The van der Waals surface area contributed by atoms with E-state index in [1.54, 1.807) is 6.20 Å². The van der Waals surface area contributed by atoms with Crippen LogP contribution in [0.3, 0.4) is 0 Å². The van der Waals surface area contributed by atoms with E-state index in [1.165, 1.54) is 18.0 Å². The first-order valence-corrected chi connectivity index (χ1v) is 5.83. The highest BCUT2D eigenvalue weighted by atomic mass is 32.2. The van der Waals surface area contributed by atoms with Crippen LogP contribution in [0.4, 0.5) is 5.69 Å². The number of anilines is 1. The molecule has 0 saturated carbocycles. The maximum Gasteiger partial charge on any atom is 0.260 e. The normalized spacial score (nSPS) is 17.9. The van der Waals surface area contributed by atoms with Gasteiger partial charge in [-0.15, -0.1) is 0 Å². The van der Waals surface area contributed by atoms with Gasteiger partial charge in [-0.25, -0.2) is 4.98 Å². The molecule has 6 heteroatoms. The van der Waals surface area contributed by atoms with Gasteiger partial charge in [0.2, 0.25) is 5.91 Å². The summed E-state index contributed by atoms with van der Waals surface area (Å²) in [5, 5.41) is 3.31. The second-order valence-electron chi connectivity index (χ2n) is 3.62. The Kier molecular flexibility index (Phi) is 2.38. The van der Waals surface area contributed by atoms with E-state index < -0.39 is 6.04 Å². The van der Waals surface area contributed by atoms with Gasteiger partial charge in [-0.2, -0.15) is 0 Å². The van der Waals surface area contributed by atoms with E-state index in [4.69, 9.17) is 10.2 Å². The molecule has 0 saturated heterocycles. The number of nitrogens with one attached hydrogen (secondary N) is 1. The van der Waals surface area contributed by atoms with Crippen LogP contribution in [0.2, 0.25) is 0 Å². The van der Waals surface area contributed by atoms with E-state index in [9.17, 15) is 4.79 Å². The van der Waals surface area contributed by atoms with Crippen molar-refractivity contribution in [3.8, 4) is 0 Å². The fourth-order valence-electron chi connectivity index (χ4n) is 1.69. The topological polar surface area (TPSA) is 81.2 Å². The molecule has 0 spiro atoms. The highest BCUT2D eigenvalue weighted by molar-refractivity contribution is 7.99. The third-order valence-electron chi connectivity index (χ3n) is 2.51. The number of carbonyl (C=O) groups is 1. The summed E-state index contributed by atoms with van der Waals surface area (Å²) in [6.07, 6.45) is 3.11. The van der Waals surface area contributed by atoms with Gasteiger partial charge in [0.15, 0.2) is 0 Å². The first-order chi connectivity index (χ1) is 8.24. The van der Waals surface area contributed by atoms with Gasteiger partial charge < -0.3 is 15.5 Å². The standard InChI is InChI=1S/C11H9N3O2S/c12-9-7-2-1-6(5-8(7)14-10(9)15)17-11-13-3-4-16-11/h1-5,9H,12H2,(H,14,15). The van der Waals surface area contributed by atoms with Crippen molar-refractivity contribution in [3.63, 3.8) is 0 Å². The Hall–Kier alpha value is -1.79. The van der Waals surface area contributed by atoms with Gasteiger partial charge in [0.05, 0.1) is 6.20 Å². The molecule has 0 radical (unpaired) electrons. The zero-order valence-electron chi connectivity index (χ0n) is 8.71. The number of nitrogens with zero attached hydrogens (tertiary/aromatic N) is 1. The van der Waals surface area contributed by atoms with Crippen molar-refractivity contribution in [3.05, 3.63) is 36.2 Å². The minimum atomic E-state index is -0.564. The van der Waals surface area contributed by atoms with Crippen LogP contribution in [0.5, 0.6) is 0 Å². The summed E-state index contributed by atoms with van der Waals surface area (Å²) in [6.45, 7) is 0. The van der Waals surface area contributed by atoms with Gasteiger partial charge >= 0.3 is 0 Å². The van der Waals surface area contributed by atoms with Crippen molar-refractivity contribution in [1.82, 2.24) is 4.98 Å². The monoisotopic (exact) mass is 247 g/mol. The third-order valence-corrected chi connectivity index (χ3v) is 3.38. The quantitative estimate of drug-likeness (QED) is 0.845. The first-order valence-electron chi connectivity index (χ1n) is 5.02. The average Bonchev–Trinajstić information content (AvgIpc) is 2.89. The van der Waals surface area contributed by atoms with Gasteiger partial charge in [0.25, 0.3) is 5.22 Å². The van der Waals surface area contributed by atoms with Gasteiger partial charge in [-0.3, -0.25) is 4.79 Å². The highest BCUT2D eigenvalue weighted by Crippen LogP contribution is 2.35. The number of rotatable bonds is 2. The fraction of sp³-hybridized carbons (Fsp3) is 0.0909.